The topological polar surface area (TPSA) is 110 Å². The number of nitrogen functional groups attached to an aromatic ring is 1. The first-order valence-electron chi connectivity index (χ1n) is 8.51. The van der Waals surface area contributed by atoms with E-state index in [0.717, 1.165) is 11.3 Å². The van der Waals surface area contributed by atoms with Gasteiger partial charge in [0, 0.05) is 18.0 Å². The van der Waals surface area contributed by atoms with Gasteiger partial charge >= 0.3 is 0 Å². The van der Waals surface area contributed by atoms with Crippen LogP contribution in [-0.4, -0.2) is 26.2 Å². The van der Waals surface area contributed by atoms with Crippen molar-refractivity contribution < 1.29 is 9.84 Å². The smallest absolute Gasteiger partial charge is 0.142 e. The van der Waals surface area contributed by atoms with E-state index in [1.807, 2.05) is 35.0 Å². The number of pyridine rings is 1. The van der Waals surface area contributed by atoms with Gasteiger partial charge in [-0.15, -0.1) is 0 Å². The molecule has 0 saturated carbocycles. The Hall–Kier alpha value is -3.37. The Morgan fingerprint density at radius 1 is 1.30 bits per heavy atom. The van der Waals surface area contributed by atoms with Crippen LogP contribution >= 0.6 is 0 Å². The molecule has 2 aromatic heterocycles. The van der Waals surface area contributed by atoms with Crippen molar-refractivity contribution in [2.75, 3.05) is 12.3 Å². The molecule has 0 fully saturated rings. The van der Waals surface area contributed by atoms with E-state index in [2.05, 4.69) is 16.0 Å². The van der Waals surface area contributed by atoms with Crippen molar-refractivity contribution >= 4 is 5.82 Å². The number of nitrogens with zero attached hydrogens (tertiary/aromatic N) is 4. The third-order valence-electron chi connectivity index (χ3n) is 4.13. The second-order valence-corrected chi connectivity index (χ2v) is 6.66. The lowest BCUT2D eigenvalue weighted by Gasteiger charge is -2.19. The predicted octanol–water partition coefficient (Wildman–Crippen LogP) is 2.71. The van der Waals surface area contributed by atoms with Crippen LogP contribution in [-0.2, 0) is 12.1 Å². The number of anilines is 1. The fourth-order valence-electron chi connectivity index (χ4n) is 2.64. The Morgan fingerprint density at radius 3 is 2.63 bits per heavy atom. The van der Waals surface area contributed by atoms with E-state index in [-0.39, 0.29) is 11.4 Å². The summed E-state index contributed by atoms with van der Waals surface area (Å²) in [6.07, 6.45) is 5.35. The number of nitrogens with two attached hydrogens (primary N) is 1. The Kier molecular flexibility index (Phi) is 5.10. The lowest BCUT2D eigenvalue weighted by Crippen LogP contribution is -2.19. The highest BCUT2D eigenvalue weighted by atomic mass is 16.5. The fraction of sp³-hybridized carbons (Fsp3) is 0.250. The zero-order valence-corrected chi connectivity index (χ0v) is 15.3. The molecule has 138 valence electrons. The van der Waals surface area contributed by atoms with Crippen LogP contribution in [0.15, 0.2) is 49.1 Å². The van der Waals surface area contributed by atoms with E-state index in [0.29, 0.717) is 24.4 Å². The van der Waals surface area contributed by atoms with Crippen LogP contribution in [0.5, 0.6) is 5.75 Å². The largest absolute Gasteiger partial charge is 0.492 e. The first-order valence-corrected chi connectivity index (χ1v) is 8.51. The quantitative estimate of drug-likeness (QED) is 0.697. The summed E-state index contributed by atoms with van der Waals surface area (Å²) in [6.45, 7) is 4.48. The molecule has 0 aliphatic rings. The molecule has 0 bridgehead atoms. The Balaban J connectivity index is 1.82. The molecule has 0 spiro atoms. The summed E-state index contributed by atoms with van der Waals surface area (Å²) in [5.74, 6) is 0.829. The molecule has 0 aliphatic heterocycles. The molecule has 0 unspecified atom stereocenters. The van der Waals surface area contributed by atoms with Crippen molar-refractivity contribution in [1.29, 1.82) is 5.26 Å². The summed E-state index contributed by atoms with van der Waals surface area (Å²) in [5.41, 5.74) is 6.90. The number of imidazole rings is 1. The van der Waals surface area contributed by atoms with Gasteiger partial charge in [-0.05, 0) is 37.6 Å². The highest BCUT2D eigenvalue weighted by Crippen LogP contribution is 2.31. The highest BCUT2D eigenvalue weighted by Gasteiger charge is 2.22. The van der Waals surface area contributed by atoms with Gasteiger partial charge in [0.05, 0.1) is 18.6 Å². The average molecular weight is 363 g/mol. The standard InChI is InChI=1S/C20H21N5O2/c1-20(2,26)18-11-16(17(12-21)19(22)24-18)14-3-5-15(6-4-14)27-10-9-25-8-7-23-13-25/h3-8,11,13,26H,9-10H2,1-2H3,(H2,22,24). The van der Waals surface area contributed by atoms with Crippen LogP contribution in [0.4, 0.5) is 5.82 Å². The van der Waals surface area contributed by atoms with E-state index in [9.17, 15) is 10.4 Å². The fourth-order valence-corrected chi connectivity index (χ4v) is 2.64. The molecule has 3 aromatic rings. The predicted molar refractivity (Wildman–Crippen MR) is 102 cm³/mol. The van der Waals surface area contributed by atoms with Gasteiger partial charge in [-0.2, -0.15) is 5.26 Å². The highest BCUT2D eigenvalue weighted by molar-refractivity contribution is 5.76. The Morgan fingerprint density at radius 2 is 2.04 bits per heavy atom. The van der Waals surface area contributed by atoms with E-state index >= 15 is 0 Å². The third kappa shape index (κ3) is 4.25. The summed E-state index contributed by atoms with van der Waals surface area (Å²) >= 11 is 0. The number of ether oxygens (including phenoxy) is 1. The zero-order chi connectivity index (χ0) is 19.4. The van der Waals surface area contributed by atoms with Crippen molar-refractivity contribution in [3.63, 3.8) is 0 Å². The van der Waals surface area contributed by atoms with E-state index in [4.69, 9.17) is 10.5 Å². The Bertz CT molecular complexity index is 952. The number of nitriles is 1. The number of hydrogen-bond acceptors (Lipinski definition) is 6. The summed E-state index contributed by atoms with van der Waals surface area (Å²) in [7, 11) is 0. The molecule has 1 aromatic carbocycles. The number of aliphatic hydroxyl groups is 1. The molecule has 7 heteroatoms. The van der Waals surface area contributed by atoms with Crippen molar-refractivity contribution in [3.8, 4) is 22.9 Å². The van der Waals surface area contributed by atoms with Gasteiger partial charge in [0.25, 0.3) is 0 Å². The number of rotatable bonds is 6. The van der Waals surface area contributed by atoms with Crippen LogP contribution in [0.25, 0.3) is 11.1 Å². The molecular weight excluding hydrogens is 342 g/mol. The first-order chi connectivity index (χ1) is 12.9. The van der Waals surface area contributed by atoms with Gasteiger partial charge in [-0.3, -0.25) is 0 Å². The minimum Gasteiger partial charge on any atom is -0.492 e. The molecule has 3 rings (SSSR count). The average Bonchev–Trinajstić information content (AvgIpc) is 3.14. The first kappa shape index (κ1) is 18.4. The maximum atomic E-state index is 10.2. The van der Waals surface area contributed by atoms with Crippen LogP contribution in [0.3, 0.4) is 0 Å². The SMILES string of the molecule is CC(C)(O)c1cc(-c2ccc(OCCn3ccnc3)cc2)c(C#N)c(N)n1. The van der Waals surface area contributed by atoms with Gasteiger partial charge in [0.1, 0.15) is 35.4 Å². The zero-order valence-electron chi connectivity index (χ0n) is 15.3. The normalized spacial score (nSPS) is 11.2. The number of aromatic nitrogens is 3. The molecule has 0 aliphatic carbocycles. The minimum absolute atomic E-state index is 0.104. The Labute approximate surface area is 157 Å². The molecule has 7 nitrogen and oxygen atoms in total. The van der Waals surface area contributed by atoms with Crippen LogP contribution in [0.1, 0.15) is 25.1 Å². The third-order valence-corrected chi connectivity index (χ3v) is 4.13. The maximum Gasteiger partial charge on any atom is 0.142 e. The van der Waals surface area contributed by atoms with Crippen molar-refractivity contribution in [1.82, 2.24) is 14.5 Å². The summed E-state index contributed by atoms with van der Waals surface area (Å²) < 4.78 is 7.67. The van der Waals surface area contributed by atoms with E-state index < -0.39 is 5.60 Å². The molecule has 0 amide bonds. The maximum absolute atomic E-state index is 10.2. The molecule has 27 heavy (non-hydrogen) atoms. The lowest BCUT2D eigenvalue weighted by molar-refractivity contribution is 0.0740. The number of hydrogen-bond donors (Lipinski definition) is 2. The van der Waals surface area contributed by atoms with Crippen molar-refractivity contribution in [3.05, 3.63) is 60.3 Å². The van der Waals surface area contributed by atoms with Gasteiger partial charge in [0.2, 0.25) is 0 Å². The monoisotopic (exact) mass is 363 g/mol. The second-order valence-electron chi connectivity index (χ2n) is 6.66. The molecule has 2 heterocycles. The van der Waals surface area contributed by atoms with Crippen molar-refractivity contribution in [2.45, 2.75) is 26.0 Å². The van der Waals surface area contributed by atoms with Gasteiger partial charge in [-0.1, -0.05) is 12.1 Å². The van der Waals surface area contributed by atoms with E-state index in [1.165, 1.54) is 0 Å². The van der Waals surface area contributed by atoms with Gasteiger partial charge in [-0.25, -0.2) is 9.97 Å². The van der Waals surface area contributed by atoms with Crippen LogP contribution < -0.4 is 10.5 Å². The van der Waals surface area contributed by atoms with Gasteiger partial charge in [0.15, 0.2) is 0 Å². The van der Waals surface area contributed by atoms with Crippen molar-refractivity contribution in [2.24, 2.45) is 0 Å². The lowest BCUT2D eigenvalue weighted by atomic mass is 9.96. The second kappa shape index (κ2) is 7.48. The summed E-state index contributed by atoms with van der Waals surface area (Å²) in [4.78, 5) is 8.15. The van der Waals surface area contributed by atoms with Crippen LogP contribution in [0.2, 0.25) is 0 Å². The summed E-state index contributed by atoms with van der Waals surface area (Å²) in [5, 5.41) is 19.7. The molecule has 0 atom stereocenters. The van der Waals surface area contributed by atoms with Gasteiger partial charge < -0.3 is 20.1 Å². The van der Waals surface area contributed by atoms with Crippen LogP contribution in [0, 0.1) is 11.3 Å². The molecular formula is C20H21N5O2. The number of benzene rings is 1. The van der Waals surface area contributed by atoms with E-state index in [1.54, 1.807) is 32.4 Å². The minimum atomic E-state index is -1.16. The molecule has 0 saturated heterocycles. The molecule has 0 radical (unpaired) electrons. The molecule has 3 N–H and O–H groups in total. The summed E-state index contributed by atoms with van der Waals surface area (Å²) in [6, 6.07) is 11.2.